The van der Waals surface area contributed by atoms with E-state index in [-0.39, 0.29) is 24.8 Å². The molecule has 0 bridgehead atoms. The van der Waals surface area contributed by atoms with Crippen LogP contribution in [-0.2, 0) is 11.7 Å². The van der Waals surface area contributed by atoms with Gasteiger partial charge in [-0.1, -0.05) is 0 Å². The summed E-state index contributed by atoms with van der Waals surface area (Å²) < 4.78 is 1.50. The molecule has 2 rings (SSSR count). The van der Waals surface area contributed by atoms with E-state index in [9.17, 15) is 0 Å². The van der Waals surface area contributed by atoms with Gasteiger partial charge in [-0.3, -0.25) is 0 Å². The van der Waals surface area contributed by atoms with Gasteiger partial charge in [-0.15, -0.1) is 24.8 Å². The molecule has 0 atom stereocenters. The predicted molar refractivity (Wildman–Crippen MR) is 90.7 cm³/mol. The molecule has 2 nitrogen and oxygen atoms in total. The Kier molecular flexibility index (Phi) is 4.62. The van der Waals surface area contributed by atoms with Crippen molar-refractivity contribution in [1.29, 1.82) is 0 Å². The zero-order chi connectivity index (χ0) is 12.6. The molecule has 0 unspecified atom stereocenters. The molecule has 2 aromatic heterocycles. The Hall–Kier alpha value is -0.952. The first-order valence-electron chi connectivity index (χ1n) is 4.75. The molecule has 0 aliphatic heterocycles. The van der Waals surface area contributed by atoms with E-state index in [2.05, 4.69) is 29.6 Å². The molecule has 0 saturated carbocycles. The number of aromatic nitrogens is 2. The number of pyridine rings is 2. The van der Waals surface area contributed by atoms with Crippen LogP contribution in [0.1, 0.15) is 0 Å². The average Bonchev–Trinajstić information content (AvgIpc) is 2.30. The molecular weight excluding hydrogens is 462 g/mol. The third kappa shape index (κ3) is 3.14. The normalized spacial score (nSPS) is 14.1. The Morgan fingerprint density at radius 3 is 1.32 bits per heavy atom. The molecule has 0 fully saturated rings. The molecule has 0 amide bonds. The molecule has 0 radical (unpaired) electrons. The van der Waals surface area contributed by atoms with Crippen molar-refractivity contribution in [2.45, 2.75) is 0 Å². The maximum atomic E-state index is 4.36. The quantitative estimate of drug-likeness (QED) is 0.647. The molecule has 108 valence electrons. The predicted octanol–water partition coefficient (Wildman–Crippen LogP) is 1.22. The summed E-state index contributed by atoms with van der Waals surface area (Å²) in [5.74, 6) is 0. The molecule has 0 saturated heterocycles. The summed E-state index contributed by atoms with van der Waals surface area (Å²) in [7, 11) is 0. The Balaban J connectivity index is 0.00000162. The number of halogens is 2. The van der Waals surface area contributed by atoms with Gasteiger partial charge in [0.25, 0.3) is 0 Å². The molecular formula is C14H18Cl2N2Pt. The number of nitrogens with zero attached hydrogens (tertiary/aromatic N) is 2. The Labute approximate surface area is 122 Å². The van der Waals surface area contributed by atoms with Gasteiger partial charge < -0.3 is 0 Å². The third-order valence-corrected chi connectivity index (χ3v) is 11.4. The fraction of sp³-hybridized carbons (Fsp3) is 0. The van der Waals surface area contributed by atoms with Crippen LogP contribution in [0.25, 0.3) is 0 Å². The Morgan fingerprint density at radius 1 is 0.684 bits per heavy atom. The summed E-state index contributed by atoms with van der Waals surface area (Å²) in [5, 5.41) is 0. The van der Waals surface area contributed by atoms with E-state index in [0.29, 0.717) is 0 Å². The first-order valence-corrected chi connectivity index (χ1v) is 13.5. The Bertz CT molecular complexity index is 797. The van der Waals surface area contributed by atoms with Gasteiger partial charge in [0.1, 0.15) is 0 Å². The van der Waals surface area contributed by atoms with Crippen molar-refractivity contribution < 1.29 is 11.7 Å². The van der Waals surface area contributed by atoms with E-state index in [1.165, 1.54) is 0 Å². The first-order chi connectivity index (χ1) is 7.74. The Morgan fingerprint density at radius 2 is 1.05 bits per heavy atom. The van der Waals surface area contributed by atoms with Crippen molar-refractivity contribution in [2.24, 2.45) is 0 Å². The molecule has 0 N–H and O–H groups in total. The number of hydrogen-bond acceptors (Lipinski definition) is 2. The molecule has 0 aromatic carbocycles. The second-order valence-corrected chi connectivity index (χ2v) is 20.3. The van der Waals surface area contributed by atoms with Crippen molar-refractivity contribution >= 4 is 52.6 Å². The zero-order valence-electron chi connectivity index (χ0n) is 10.5. The van der Waals surface area contributed by atoms with Crippen LogP contribution in [0.3, 0.4) is 0 Å². The van der Waals surface area contributed by atoms with Gasteiger partial charge in [-0.25, -0.2) is 0 Å². The van der Waals surface area contributed by atoms with E-state index in [1.54, 1.807) is 12.4 Å². The molecule has 2 heterocycles. The number of hydrogen-bond donors (Lipinski definition) is 0. The van der Waals surface area contributed by atoms with Crippen molar-refractivity contribution in [3.05, 3.63) is 48.8 Å². The van der Waals surface area contributed by atoms with Gasteiger partial charge in [0.05, 0.1) is 0 Å². The van der Waals surface area contributed by atoms with Gasteiger partial charge >= 0.3 is 98.3 Å². The average molecular weight is 480 g/mol. The molecule has 0 aliphatic rings. The van der Waals surface area contributed by atoms with Crippen molar-refractivity contribution in [3.63, 3.8) is 0 Å². The van der Waals surface area contributed by atoms with Gasteiger partial charge in [-0.05, 0) is 0 Å². The second kappa shape index (κ2) is 4.86. The van der Waals surface area contributed by atoms with Crippen LogP contribution in [-0.4, -0.2) is 29.6 Å². The molecule has 0 aliphatic carbocycles. The van der Waals surface area contributed by atoms with Gasteiger partial charge in [0.2, 0.25) is 0 Å². The summed E-state index contributed by atoms with van der Waals surface area (Å²) in [5.41, 5.74) is 0. The SMILES string of the molecule is Cl.Cl.[CH2]=[Pt](=[CH2])(=[CH2])(=[CH2])([c]1ccccn1)[c]1ccccn1. The van der Waals surface area contributed by atoms with Crippen LogP contribution in [0.4, 0.5) is 0 Å². The van der Waals surface area contributed by atoms with Gasteiger partial charge in [0, 0.05) is 0 Å². The second-order valence-electron chi connectivity index (χ2n) is 4.16. The van der Waals surface area contributed by atoms with Crippen LogP contribution in [0.15, 0.2) is 48.8 Å². The van der Waals surface area contributed by atoms with Crippen LogP contribution in [0, 0.1) is 0 Å². The third-order valence-electron chi connectivity index (χ3n) is 2.30. The number of rotatable bonds is 2. The molecule has 5 heteroatoms. The fourth-order valence-corrected chi connectivity index (χ4v) is 7.21. The maximum absolute atomic E-state index is 4.45. The van der Waals surface area contributed by atoms with E-state index >= 15 is 0 Å². The van der Waals surface area contributed by atoms with Crippen LogP contribution < -0.4 is 8.17 Å². The summed E-state index contributed by atoms with van der Waals surface area (Å²) in [4.78, 5) is 25.9. The fourth-order valence-electron chi connectivity index (χ4n) is 1.37. The van der Waals surface area contributed by atoms with Crippen molar-refractivity contribution in [3.8, 4) is 0 Å². The van der Waals surface area contributed by atoms with Gasteiger partial charge in [0.15, 0.2) is 0 Å². The minimum absolute atomic E-state index is 0. The van der Waals surface area contributed by atoms with Crippen LogP contribution >= 0.6 is 24.8 Å². The summed E-state index contributed by atoms with van der Waals surface area (Å²) in [6.45, 7) is 0. The summed E-state index contributed by atoms with van der Waals surface area (Å²) in [6.07, 6.45) is 3.43. The van der Waals surface area contributed by atoms with E-state index in [0.717, 1.165) is 8.17 Å². The minimum atomic E-state index is -4.45. The van der Waals surface area contributed by atoms with Crippen molar-refractivity contribution in [2.75, 3.05) is 0 Å². The van der Waals surface area contributed by atoms with E-state index in [1.807, 2.05) is 36.4 Å². The molecule has 2 aromatic rings. The topological polar surface area (TPSA) is 25.8 Å². The monoisotopic (exact) mass is 479 g/mol. The van der Waals surface area contributed by atoms with E-state index in [4.69, 9.17) is 0 Å². The molecule has 0 spiro atoms. The molecule has 19 heavy (non-hydrogen) atoms. The summed E-state index contributed by atoms with van der Waals surface area (Å²) in [6, 6.07) is 11.3. The van der Waals surface area contributed by atoms with Crippen LogP contribution in [0.5, 0.6) is 0 Å². The standard InChI is InChI=1S/2C5H4N.4CH2.2ClH.Pt/c2*1-2-4-6-5-3-1;;;;;;;/h2*1-4H;4*1H2;2*1H;. The van der Waals surface area contributed by atoms with Gasteiger partial charge in [-0.2, -0.15) is 0 Å². The van der Waals surface area contributed by atoms with E-state index < -0.39 is 11.7 Å². The zero-order valence-corrected chi connectivity index (χ0v) is 14.4. The summed E-state index contributed by atoms with van der Waals surface area (Å²) >= 11 is -4.45. The van der Waals surface area contributed by atoms with Crippen molar-refractivity contribution in [1.82, 2.24) is 9.97 Å². The first kappa shape index (κ1) is 18.0. The van der Waals surface area contributed by atoms with Crippen LogP contribution in [0.2, 0.25) is 0 Å².